The van der Waals surface area contributed by atoms with Gasteiger partial charge >= 0.3 is 0 Å². The van der Waals surface area contributed by atoms with Gasteiger partial charge in [0.15, 0.2) is 0 Å². The van der Waals surface area contributed by atoms with E-state index in [-0.39, 0.29) is 4.90 Å². The molecule has 0 bridgehead atoms. The van der Waals surface area contributed by atoms with E-state index in [0.29, 0.717) is 21.6 Å². The zero-order chi connectivity index (χ0) is 14.8. The number of nitrogens with one attached hydrogen (secondary N) is 1. The normalized spacial score (nSPS) is 11.3. The van der Waals surface area contributed by atoms with E-state index in [0.717, 1.165) is 5.56 Å². The van der Waals surface area contributed by atoms with Crippen LogP contribution in [0, 0.1) is 6.92 Å². The van der Waals surface area contributed by atoms with Crippen molar-refractivity contribution in [2.75, 3.05) is 11.9 Å². The predicted octanol–water partition coefficient (Wildman–Crippen LogP) is 4.02. The highest BCUT2D eigenvalue weighted by Crippen LogP contribution is 2.32. The fourth-order valence-corrected chi connectivity index (χ4v) is 4.48. The van der Waals surface area contributed by atoms with Gasteiger partial charge < -0.3 is 5.32 Å². The summed E-state index contributed by atoms with van der Waals surface area (Å²) in [5.41, 5.74) is 1.55. The molecule has 106 valence electrons. The first kappa shape index (κ1) is 15.1. The third kappa shape index (κ3) is 2.88. The molecule has 0 aliphatic heterocycles. The summed E-state index contributed by atoms with van der Waals surface area (Å²) in [4.78, 5) is 0.594. The molecule has 5 heteroatoms. The number of sulfone groups is 1. The van der Waals surface area contributed by atoms with Crippen LogP contribution in [0.15, 0.2) is 56.7 Å². The number of anilines is 1. The standard InChI is InChI=1S/C15H16BrNO2S/c1-3-17-13-9-8-11(2)10-15(13)20(18,19)14-7-5-4-6-12(14)16/h4-10,17H,3H2,1-2H3. The van der Waals surface area contributed by atoms with Crippen molar-refractivity contribution >= 4 is 31.5 Å². The molecular formula is C15H16BrNO2S. The highest BCUT2D eigenvalue weighted by molar-refractivity contribution is 9.10. The molecule has 0 spiro atoms. The van der Waals surface area contributed by atoms with Gasteiger partial charge in [-0.2, -0.15) is 0 Å². The van der Waals surface area contributed by atoms with Crippen LogP contribution in [-0.4, -0.2) is 15.0 Å². The molecule has 0 fully saturated rings. The fourth-order valence-electron chi connectivity index (χ4n) is 1.97. The number of aryl methyl sites for hydroxylation is 1. The smallest absolute Gasteiger partial charge is 0.209 e. The average molecular weight is 354 g/mol. The molecule has 2 aromatic rings. The molecule has 20 heavy (non-hydrogen) atoms. The van der Waals surface area contributed by atoms with E-state index in [1.165, 1.54) is 0 Å². The van der Waals surface area contributed by atoms with E-state index < -0.39 is 9.84 Å². The van der Waals surface area contributed by atoms with Crippen molar-refractivity contribution in [3.05, 3.63) is 52.5 Å². The zero-order valence-electron chi connectivity index (χ0n) is 11.4. The molecule has 3 nitrogen and oxygen atoms in total. The van der Waals surface area contributed by atoms with Crippen LogP contribution in [0.4, 0.5) is 5.69 Å². The lowest BCUT2D eigenvalue weighted by atomic mass is 10.2. The highest BCUT2D eigenvalue weighted by Gasteiger charge is 2.23. The molecule has 0 heterocycles. The summed E-state index contributed by atoms with van der Waals surface area (Å²) in [6.07, 6.45) is 0. The largest absolute Gasteiger partial charge is 0.384 e. The lowest BCUT2D eigenvalue weighted by Crippen LogP contribution is -2.08. The van der Waals surface area contributed by atoms with Crippen molar-refractivity contribution in [3.8, 4) is 0 Å². The van der Waals surface area contributed by atoms with Crippen LogP contribution in [0.1, 0.15) is 12.5 Å². The minimum atomic E-state index is -3.55. The monoisotopic (exact) mass is 353 g/mol. The molecule has 2 rings (SSSR count). The van der Waals surface area contributed by atoms with Crippen molar-refractivity contribution in [2.24, 2.45) is 0 Å². The maximum absolute atomic E-state index is 12.8. The fraction of sp³-hybridized carbons (Fsp3) is 0.200. The molecule has 2 aromatic carbocycles. The lowest BCUT2D eigenvalue weighted by Gasteiger charge is -2.13. The van der Waals surface area contributed by atoms with Crippen molar-refractivity contribution in [3.63, 3.8) is 0 Å². The van der Waals surface area contributed by atoms with E-state index in [1.54, 1.807) is 30.3 Å². The molecule has 0 aliphatic carbocycles. The van der Waals surface area contributed by atoms with Gasteiger partial charge in [0, 0.05) is 11.0 Å². The van der Waals surface area contributed by atoms with Crippen LogP contribution in [0.25, 0.3) is 0 Å². The van der Waals surface area contributed by atoms with Crippen molar-refractivity contribution in [1.29, 1.82) is 0 Å². The summed E-state index contributed by atoms with van der Waals surface area (Å²) in [6, 6.07) is 12.3. The van der Waals surface area contributed by atoms with Crippen LogP contribution in [-0.2, 0) is 9.84 Å². The van der Waals surface area contributed by atoms with Crippen molar-refractivity contribution in [2.45, 2.75) is 23.6 Å². The summed E-state index contributed by atoms with van der Waals surface area (Å²) in [7, 11) is -3.55. The molecule has 1 N–H and O–H groups in total. The number of hydrogen-bond acceptors (Lipinski definition) is 3. The number of hydrogen-bond donors (Lipinski definition) is 1. The summed E-state index contributed by atoms with van der Waals surface area (Å²) in [5, 5.41) is 3.10. The third-order valence-electron chi connectivity index (χ3n) is 2.92. The van der Waals surface area contributed by atoms with Gasteiger partial charge in [-0.3, -0.25) is 0 Å². The predicted molar refractivity (Wildman–Crippen MR) is 84.9 cm³/mol. The molecule has 0 aromatic heterocycles. The van der Waals surface area contributed by atoms with Gasteiger partial charge in [0.05, 0.1) is 15.5 Å². The van der Waals surface area contributed by atoms with Gasteiger partial charge in [-0.05, 0) is 59.6 Å². The maximum atomic E-state index is 12.8. The van der Waals surface area contributed by atoms with Crippen LogP contribution in [0.2, 0.25) is 0 Å². The van der Waals surface area contributed by atoms with Crippen molar-refractivity contribution < 1.29 is 8.42 Å². The molecule has 0 saturated carbocycles. The quantitative estimate of drug-likeness (QED) is 0.902. The van der Waals surface area contributed by atoms with Crippen LogP contribution in [0.3, 0.4) is 0 Å². The molecule has 0 radical (unpaired) electrons. The number of benzene rings is 2. The molecular weight excluding hydrogens is 338 g/mol. The molecule has 0 saturated heterocycles. The summed E-state index contributed by atoms with van der Waals surface area (Å²) in [5.74, 6) is 0. The van der Waals surface area contributed by atoms with Crippen LogP contribution in [0.5, 0.6) is 0 Å². The Kier molecular flexibility index (Phi) is 4.50. The molecule has 0 unspecified atom stereocenters. The third-order valence-corrected chi connectivity index (χ3v) is 5.73. The van der Waals surface area contributed by atoms with E-state index in [4.69, 9.17) is 0 Å². The lowest BCUT2D eigenvalue weighted by molar-refractivity contribution is 0.596. The highest BCUT2D eigenvalue weighted by atomic mass is 79.9. The first-order valence-electron chi connectivity index (χ1n) is 6.31. The van der Waals surface area contributed by atoms with E-state index in [2.05, 4.69) is 21.2 Å². The van der Waals surface area contributed by atoms with Crippen molar-refractivity contribution in [1.82, 2.24) is 0 Å². The van der Waals surface area contributed by atoms with E-state index in [9.17, 15) is 8.42 Å². The van der Waals surface area contributed by atoms with Crippen LogP contribution < -0.4 is 5.32 Å². The number of halogens is 1. The topological polar surface area (TPSA) is 46.2 Å². The second-order valence-corrected chi connectivity index (χ2v) is 7.20. The van der Waals surface area contributed by atoms with Gasteiger partial charge in [0.1, 0.15) is 0 Å². The van der Waals surface area contributed by atoms with E-state index in [1.807, 2.05) is 26.0 Å². The SMILES string of the molecule is CCNc1ccc(C)cc1S(=O)(=O)c1ccccc1Br. The summed E-state index contributed by atoms with van der Waals surface area (Å²) < 4.78 is 26.2. The van der Waals surface area contributed by atoms with Gasteiger partial charge in [-0.15, -0.1) is 0 Å². The Balaban J connectivity index is 2.66. The van der Waals surface area contributed by atoms with Gasteiger partial charge in [0.25, 0.3) is 0 Å². The summed E-state index contributed by atoms with van der Waals surface area (Å²) in [6.45, 7) is 4.49. The molecule has 0 amide bonds. The number of rotatable bonds is 4. The Labute approximate surface area is 128 Å². The Morgan fingerprint density at radius 1 is 1.10 bits per heavy atom. The second-order valence-electron chi connectivity index (χ2n) is 4.46. The van der Waals surface area contributed by atoms with Crippen LogP contribution >= 0.6 is 15.9 Å². The molecule has 0 atom stereocenters. The van der Waals surface area contributed by atoms with Gasteiger partial charge in [-0.1, -0.05) is 18.2 Å². The van der Waals surface area contributed by atoms with E-state index >= 15 is 0 Å². The first-order chi connectivity index (χ1) is 9.46. The Bertz CT molecular complexity index is 726. The molecule has 0 aliphatic rings. The van der Waals surface area contributed by atoms with Gasteiger partial charge in [-0.25, -0.2) is 8.42 Å². The summed E-state index contributed by atoms with van der Waals surface area (Å²) >= 11 is 3.31. The first-order valence-corrected chi connectivity index (χ1v) is 8.58. The minimum Gasteiger partial charge on any atom is -0.384 e. The minimum absolute atomic E-state index is 0.282. The van der Waals surface area contributed by atoms with Gasteiger partial charge in [0.2, 0.25) is 9.84 Å². The Hall–Kier alpha value is -1.33. The average Bonchev–Trinajstić information content (AvgIpc) is 2.41. The Morgan fingerprint density at radius 2 is 1.80 bits per heavy atom. The second kappa shape index (κ2) is 5.97. The Morgan fingerprint density at radius 3 is 2.45 bits per heavy atom. The zero-order valence-corrected chi connectivity index (χ0v) is 13.8. The maximum Gasteiger partial charge on any atom is 0.209 e.